The molecule has 3 atom stereocenters. The lowest BCUT2D eigenvalue weighted by Crippen LogP contribution is -2.28. The molecule has 3 heteroatoms. The van der Waals surface area contributed by atoms with Crippen LogP contribution in [0.5, 0.6) is 0 Å². The number of rotatable bonds is 4. The average molecular weight is 267 g/mol. The molecular weight excluding hydrogens is 244 g/mol. The third-order valence-electron chi connectivity index (χ3n) is 4.20. The van der Waals surface area contributed by atoms with Crippen LogP contribution in [0.3, 0.4) is 0 Å². The monoisotopic (exact) mass is 267 g/mol. The third kappa shape index (κ3) is 4.00. The van der Waals surface area contributed by atoms with Gasteiger partial charge in [0.1, 0.15) is 0 Å². The first kappa shape index (κ1) is 14.4. The van der Waals surface area contributed by atoms with E-state index in [0.29, 0.717) is 0 Å². The zero-order chi connectivity index (χ0) is 13.8. The van der Waals surface area contributed by atoms with Crippen molar-refractivity contribution >= 4 is 0 Å². The molecule has 19 heavy (non-hydrogen) atoms. The zero-order valence-electron chi connectivity index (χ0n) is 11.8. The highest BCUT2D eigenvalue weighted by Crippen LogP contribution is 2.28. The van der Waals surface area contributed by atoms with Gasteiger partial charge in [0, 0.05) is 6.04 Å². The summed E-state index contributed by atoms with van der Waals surface area (Å²) in [7, 11) is 0. The molecule has 1 nitrogen and oxygen atoms in total. The zero-order valence-corrected chi connectivity index (χ0v) is 11.8. The highest BCUT2D eigenvalue weighted by atomic mass is 19.2. The molecule has 1 fully saturated rings. The van der Waals surface area contributed by atoms with Gasteiger partial charge in [-0.2, -0.15) is 0 Å². The topological polar surface area (TPSA) is 12.0 Å². The summed E-state index contributed by atoms with van der Waals surface area (Å²) in [5.41, 5.74) is 0.808. The van der Waals surface area contributed by atoms with Crippen molar-refractivity contribution in [2.75, 3.05) is 6.54 Å². The van der Waals surface area contributed by atoms with Crippen molar-refractivity contribution in [3.63, 3.8) is 0 Å². The Kier molecular flexibility index (Phi) is 4.92. The van der Waals surface area contributed by atoms with Crippen molar-refractivity contribution in [2.45, 2.75) is 45.6 Å². The molecule has 1 N–H and O–H groups in total. The molecular formula is C16H23F2N. The summed E-state index contributed by atoms with van der Waals surface area (Å²) in [6.07, 6.45) is 5.21. The minimum atomic E-state index is -0.781. The summed E-state index contributed by atoms with van der Waals surface area (Å²) in [4.78, 5) is 0. The lowest BCUT2D eigenvalue weighted by atomic mass is 9.82. The van der Waals surface area contributed by atoms with Crippen LogP contribution in [0.25, 0.3) is 0 Å². The maximum Gasteiger partial charge on any atom is 0.159 e. The fraction of sp³-hybridized carbons (Fsp3) is 0.625. The summed E-state index contributed by atoms with van der Waals surface area (Å²) < 4.78 is 26.1. The fourth-order valence-electron chi connectivity index (χ4n) is 2.99. The van der Waals surface area contributed by atoms with Crippen molar-refractivity contribution in [3.05, 3.63) is 35.4 Å². The normalized spacial score (nSPS) is 25.3. The van der Waals surface area contributed by atoms with Crippen molar-refractivity contribution in [3.8, 4) is 0 Å². The van der Waals surface area contributed by atoms with Crippen LogP contribution in [-0.2, 0) is 0 Å². The maximum atomic E-state index is 13.2. The van der Waals surface area contributed by atoms with Crippen LogP contribution >= 0.6 is 0 Å². The first-order valence-electron chi connectivity index (χ1n) is 7.24. The molecule has 2 rings (SSSR count). The summed E-state index contributed by atoms with van der Waals surface area (Å²) in [5.74, 6) is -0.00916. The molecule has 0 aromatic heterocycles. The lowest BCUT2D eigenvalue weighted by molar-refractivity contribution is 0.268. The van der Waals surface area contributed by atoms with E-state index in [4.69, 9.17) is 0 Å². The predicted molar refractivity (Wildman–Crippen MR) is 73.9 cm³/mol. The van der Waals surface area contributed by atoms with Gasteiger partial charge in [-0.1, -0.05) is 25.8 Å². The quantitative estimate of drug-likeness (QED) is 0.850. The van der Waals surface area contributed by atoms with Crippen molar-refractivity contribution in [1.82, 2.24) is 5.32 Å². The molecule has 0 amide bonds. The van der Waals surface area contributed by atoms with Gasteiger partial charge in [-0.3, -0.25) is 0 Å². The Balaban J connectivity index is 1.86. The summed E-state index contributed by atoms with van der Waals surface area (Å²) >= 11 is 0. The van der Waals surface area contributed by atoms with E-state index in [1.165, 1.54) is 37.8 Å². The third-order valence-corrected chi connectivity index (χ3v) is 4.20. The molecule has 0 heterocycles. The second-order valence-corrected chi connectivity index (χ2v) is 5.94. The van der Waals surface area contributed by atoms with E-state index in [2.05, 4.69) is 12.2 Å². The second-order valence-electron chi connectivity index (χ2n) is 5.94. The molecule has 0 spiro atoms. The van der Waals surface area contributed by atoms with Gasteiger partial charge in [-0.05, 0) is 55.8 Å². The standard InChI is InChI=1S/C16H23F2N/c1-11-4-3-5-13(8-11)10-19-12(2)14-6-7-15(17)16(18)9-14/h6-7,9,11-13,19H,3-5,8,10H2,1-2H3. The summed E-state index contributed by atoms with van der Waals surface area (Å²) in [5, 5.41) is 3.45. The van der Waals surface area contributed by atoms with Crippen molar-refractivity contribution < 1.29 is 8.78 Å². The number of hydrogen-bond donors (Lipinski definition) is 1. The molecule has 0 aliphatic heterocycles. The second kappa shape index (κ2) is 6.47. The van der Waals surface area contributed by atoms with E-state index < -0.39 is 11.6 Å². The van der Waals surface area contributed by atoms with Crippen LogP contribution in [0, 0.1) is 23.5 Å². The van der Waals surface area contributed by atoms with Crippen LogP contribution in [0.2, 0.25) is 0 Å². The van der Waals surface area contributed by atoms with Crippen molar-refractivity contribution in [1.29, 1.82) is 0 Å². The van der Waals surface area contributed by atoms with E-state index in [1.54, 1.807) is 6.07 Å². The number of nitrogens with one attached hydrogen (secondary N) is 1. The Labute approximate surface area is 114 Å². The molecule has 1 saturated carbocycles. The van der Waals surface area contributed by atoms with Gasteiger partial charge >= 0.3 is 0 Å². The van der Waals surface area contributed by atoms with Gasteiger partial charge in [-0.15, -0.1) is 0 Å². The van der Waals surface area contributed by atoms with Gasteiger partial charge in [-0.25, -0.2) is 8.78 Å². The van der Waals surface area contributed by atoms with E-state index in [1.807, 2.05) is 6.92 Å². The SMILES string of the molecule is CC1CCCC(CNC(C)c2ccc(F)c(F)c2)C1. The molecule has 1 aliphatic rings. The van der Waals surface area contributed by atoms with Gasteiger partial charge in [0.2, 0.25) is 0 Å². The van der Waals surface area contributed by atoms with Crippen LogP contribution < -0.4 is 5.32 Å². The molecule has 106 valence electrons. The maximum absolute atomic E-state index is 13.2. The molecule has 1 aromatic rings. The Hall–Kier alpha value is -0.960. The summed E-state index contributed by atoms with van der Waals surface area (Å²) in [6.45, 7) is 5.27. The first-order valence-corrected chi connectivity index (χ1v) is 7.24. The van der Waals surface area contributed by atoms with Crippen LogP contribution in [-0.4, -0.2) is 6.54 Å². The molecule has 1 aliphatic carbocycles. The Bertz CT molecular complexity index is 419. The number of benzene rings is 1. The van der Waals surface area contributed by atoms with E-state index in [-0.39, 0.29) is 6.04 Å². The van der Waals surface area contributed by atoms with E-state index in [0.717, 1.165) is 23.9 Å². The molecule has 0 radical (unpaired) electrons. The fourth-order valence-corrected chi connectivity index (χ4v) is 2.99. The van der Waals surface area contributed by atoms with Crippen LogP contribution in [0.4, 0.5) is 8.78 Å². The van der Waals surface area contributed by atoms with Crippen molar-refractivity contribution in [2.24, 2.45) is 11.8 Å². The van der Waals surface area contributed by atoms with Gasteiger partial charge in [0.05, 0.1) is 0 Å². The lowest BCUT2D eigenvalue weighted by Gasteiger charge is -2.28. The molecule has 0 saturated heterocycles. The Morgan fingerprint density at radius 1 is 1.26 bits per heavy atom. The smallest absolute Gasteiger partial charge is 0.159 e. The minimum absolute atomic E-state index is 0.0623. The van der Waals surface area contributed by atoms with Crippen LogP contribution in [0.15, 0.2) is 18.2 Å². The minimum Gasteiger partial charge on any atom is -0.310 e. The molecule has 1 aromatic carbocycles. The van der Waals surface area contributed by atoms with E-state index in [9.17, 15) is 8.78 Å². The first-order chi connectivity index (χ1) is 9.06. The molecule has 3 unspecified atom stereocenters. The largest absolute Gasteiger partial charge is 0.310 e. The van der Waals surface area contributed by atoms with Crippen LogP contribution in [0.1, 0.15) is 51.1 Å². The highest BCUT2D eigenvalue weighted by molar-refractivity contribution is 5.20. The predicted octanol–water partition coefficient (Wildman–Crippen LogP) is 4.44. The van der Waals surface area contributed by atoms with E-state index >= 15 is 0 Å². The highest BCUT2D eigenvalue weighted by Gasteiger charge is 2.19. The Morgan fingerprint density at radius 3 is 2.74 bits per heavy atom. The Morgan fingerprint density at radius 2 is 2.05 bits per heavy atom. The van der Waals surface area contributed by atoms with Gasteiger partial charge < -0.3 is 5.32 Å². The number of hydrogen-bond acceptors (Lipinski definition) is 1. The number of halogens is 2. The summed E-state index contributed by atoms with van der Waals surface area (Å²) in [6, 6.07) is 4.20. The van der Waals surface area contributed by atoms with Gasteiger partial charge in [0.25, 0.3) is 0 Å². The average Bonchev–Trinajstić information content (AvgIpc) is 2.39. The molecule has 0 bridgehead atoms. The van der Waals surface area contributed by atoms with Gasteiger partial charge in [0.15, 0.2) is 11.6 Å².